The van der Waals surface area contributed by atoms with E-state index in [1.54, 1.807) is 0 Å². The minimum absolute atomic E-state index is 0.0388. The molecule has 0 aliphatic rings. The Bertz CT molecular complexity index is 879. The summed E-state index contributed by atoms with van der Waals surface area (Å²) < 4.78 is 7.12. The highest BCUT2D eigenvalue weighted by atomic mass is 35.5. The number of halogens is 2. The minimum atomic E-state index is -0.436. The predicted octanol–water partition coefficient (Wildman–Crippen LogP) is 4.39. The number of hydrogen-bond donors (Lipinski definition) is 0. The minimum Gasteiger partial charge on any atom is -0.457 e. The maximum absolute atomic E-state index is 12.1. The van der Waals surface area contributed by atoms with Crippen LogP contribution in [0.4, 0.5) is 0 Å². The molecule has 0 saturated carbocycles. The topological polar surface area (TPSA) is 44.1 Å². The van der Waals surface area contributed by atoms with Crippen LogP contribution in [0.15, 0.2) is 65.6 Å². The van der Waals surface area contributed by atoms with Crippen molar-refractivity contribution in [3.05, 3.63) is 86.8 Å². The quantitative estimate of drug-likeness (QED) is 0.703. The van der Waals surface area contributed by atoms with E-state index in [0.29, 0.717) is 5.75 Å². The number of rotatable bonds is 4. The van der Waals surface area contributed by atoms with Gasteiger partial charge < -0.3 is 4.74 Å². The normalized spacial score (nSPS) is 10.5. The second kappa shape index (κ2) is 6.86. The third-order valence-corrected chi connectivity index (χ3v) is 3.95. The standard InChI is InChI=1S/C17H12Cl2N2O2/c18-14-10-20-21(17(22)16(14)19)11-12-6-4-5-9-15(12)23-13-7-2-1-3-8-13/h1-10H,11H2. The molecule has 0 fully saturated rings. The fourth-order valence-corrected chi connectivity index (χ4v) is 2.34. The van der Waals surface area contributed by atoms with Crippen LogP contribution < -0.4 is 10.3 Å². The molecule has 23 heavy (non-hydrogen) atoms. The molecule has 0 aliphatic carbocycles. The van der Waals surface area contributed by atoms with Gasteiger partial charge in [0.15, 0.2) is 0 Å². The van der Waals surface area contributed by atoms with E-state index < -0.39 is 5.56 Å². The van der Waals surface area contributed by atoms with Crippen LogP contribution in [0, 0.1) is 0 Å². The molecule has 4 nitrogen and oxygen atoms in total. The lowest BCUT2D eigenvalue weighted by Gasteiger charge is -2.12. The highest BCUT2D eigenvalue weighted by Crippen LogP contribution is 2.25. The summed E-state index contributed by atoms with van der Waals surface area (Å²) in [5, 5.41) is 4.12. The summed E-state index contributed by atoms with van der Waals surface area (Å²) in [7, 11) is 0. The molecular weight excluding hydrogens is 335 g/mol. The van der Waals surface area contributed by atoms with Gasteiger partial charge in [0.2, 0.25) is 0 Å². The lowest BCUT2D eigenvalue weighted by atomic mass is 10.2. The summed E-state index contributed by atoms with van der Waals surface area (Å²) in [5.41, 5.74) is 0.373. The predicted molar refractivity (Wildman–Crippen MR) is 90.6 cm³/mol. The van der Waals surface area contributed by atoms with Gasteiger partial charge in [-0.1, -0.05) is 59.6 Å². The molecule has 0 bridgehead atoms. The molecule has 0 spiro atoms. The average molecular weight is 347 g/mol. The number of aromatic nitrogens is 2. The second-order valence-corrected chi connectivity index (χ2v) is 5.58. The van der Waals surface area contributed by atoms with Gasteiger partial charge in [-0.2, -0.15) is 5.10 Å². The number of benzene rings is 2. The first-order valence-electron chi connectivity index (χ1n) is 6.87. The molecule has 6 heteroatoms. The summed E-state index contributed by atoms with van der Waals surface area (Å²) >= 11 is 11.7. The van der Waals surface area contributed by atoms with Gasteiger partial charge in [0.05, 0.1) is 17.8 Å². The zero-order valence-electron chi connectivity index (χ0n) is 11.9. The van der Waals surface area contributed by atoms with Gasteiger partial charge in [0, 0.05) is 5.56 Å². The van der Waals surface area contributed by atoms with E-state index in [4.69, 9.17) is 27.9 Å². The van der Waals surface area contributed by atoms with E-state index in [1.807, 2.05) is 54.6 Å². The molecule has 0 unspecified atom stereocenters. The smallest absolute Gasteiger partial charge is 0.287 e. The van der Waals surface area contributed by atoms with Crippen molar-refractivity contribution >= 4 is 23.2 Å². The van der Waals surface area contributed by atoms with Crippen LogP contribution in [0.25, 0.3) is 0 Å². The van der Waals surface area contributed by atoms with Gasteiger partial charge in [-0.25, -0.2) is 4.68 Å². The third kappa shape index (κ3) is 3.55. The highest BCUT2D eigenvalue weighted by Gasteiger charge is 2.11. The van der Waals surface area contributed by atoms with Crippen LogP contribution in [-0.2, 0) is 6.54 Å². The largest absolute Gasteiger partial charge is 0.457 e. The van der Waals surface area contributed by atoms with E-state index in [9.17, 15) is 4.79 Å². The summed E-state index contributed by atoms with van der Waals surface area (Å²) in [5.74, 6) is 1.37. The second-order valence-electron chi connectivity index (χ2n) is 4.79. The van der Waals surface area contributed by atoms with Crippen LogP contribution >= 0.6 is 23.2 Å². The van der Waals surface area contributed by atoms with E-state index in [2.05, 4.69) is 5.10 Å². The number of para-hydroxylation sites is 2. The SMILES string of the molecule is O=c1c(Cl)c(Cl)cnn1Cc1ccccc1Oc1ccccc1. The Morgan fingerprint density at radius 3 is 2.48 bits per heavy atom. The number of nitrogens with zero attached hydrogens (tertiary/aromatic N) is 2. The maximum atomic E-state index is 12.1. The van der Waals surface area contributed by atoms with Gasteiger partial charge >= 0.3 is 0 Å². The molecule has 116 valence electrons. The Balaban J connectivity index is 1.92. The summed E-state index contributed by atoms with van der Waals surface area (Å²) in [6.45, 7) is 0.235. The zero-order valence-corrected chi connectivity index (χ0v) is 13.5. The van der Waals surface area contributed by atoms with Crippen molar-refractivity contribution in [1.29, 1.82) is 0 Å². The van der Waals surface area contributed by atoms with Crippen molar-refractivity contribution in [2.45, 2.75) is 6.54 Å². The van der Waals surface area contributed by atoms with Gasteiger partial charge in [0.1, 0.15) is 16.5 Å². The van der Waals surface area contributed by atoms with Crippen LogP contribution in [-0.4, -0.2) is 9.78 Å². The maximum Gasteiger partial charge on any atom is 0.287 e. The van der Waals surface area contributed by atoms with E-state index >= 15 is 0 Å². The molecule has 0 atom stereocenters. The van der Waals surface area contributed by atoms with Gasteiger partial charge in [-0.3, -0.25) is 4.79 Å². The van der Waals surface area contributed by atoms with Crippen LogP contribution in [0.1, 0.15) is 5.56 Å². The molecule has 0 aliphatic heterocycles. The molecular formula is C17H12Cl2N2O2. The summed E-state index contributed by atoms with van der Waals surface area (Å²) in [6.07, 6.45) is 1.35. The third-order valence-electron chi connectivity index (χ3n) is 3.21. The Morgan fingerprint density at radius 1 is 1.00 bits per heavy atom. The lowest BCUT2D eigenvalue weighted by molar-refractivity contribution is 0.470. The molecule has 1 heterocycles. The Morgan fingerprint density at radius 2 is 1.70 bits per heavy atom. The molecule has 3 rings (SSSR count). The van der Waals surface area contributed by atoms with E-state index in [1.165, 1.54) is 10.9 Å². The van der Waals surface area contributed by atoms with Crippen LogP contribution in [0.2, 0.25) is 10.0 Å². The molecule has 0 amide bonds. The van der Waals surface area contributed by atoms with Crippen molar-refractivity contribution < 1.29 is 4.74 Å². The monoisotopic (exact) mass is 346 g/mol. The Labute approximate surface area is 142 Å². The first-order valence-corrected chi connectivity index (χ1v) is 7.62. The van der Waals surface area contributed by atoms with E-state index in [0.717, 1.165) is 11.3 Å². The fourth-order valence-electron chi connectivity index (χ4n) is 2.07. The van der Waals surface area contributed by atoms with Crippen molar-refractivity contribution in [2.75, 3.05) is 0 Å². The highest BCUT2D eigenvalue weighted by molar-refractivity contribution is 6.41. The number of ether oxygens (including phenoxy) is 1. The molecule has 0 saturated heterocycles. The first kappa shape index (κ1) is 15.6. The van der Waals surface area contributed by atoms with Gasteiger partial charge in [0.25, 0.3) is 5.56 Å². The van der Waals surface area contributed by atoms with Crippen molar-refractivity contribution in [3.8, 4) is 11.5 Å². The van der Waals surface area contributed by atoms with Crippen LogP contribution in [0.3, 0.4) is 0 Å². The van der Waals surface area contributed by atoms with Crippen molar-refractivity contribution in [3.63, 3.8) is 0 Å². The Hall–Kier alpha value is -2.30. The molecule has 0 N–H and O–H groups in total. The average Bonchev–Trinajstić information content (AvgIpc) is 2.58. The summed E-state index contributed by atoms with van der Waals surface area (Å²) in [4.78, 5) is 12.1. The zero-order chi connectivity index (χ0) is 16.2. The number of hydrogen-bond acceptors (Lipinski definition) is 3. The van der Waals surface area contributed by atoms with Crippen molar-refractivity contribution in [1.82, 2.24) is 9.78 Å². The molecule has 1 aromatic heterocycles. The van der Waals surface area contributed by atoms with E-state index in [-0.39, 0.29) is 16.6 Å². The van der Waals surface area contributed by atoms with Gasteiger partial charge in [-0.15, -0.1) is 0 Å². The van der Waals surface area contributed by atoms with Crippen molar-refractivity contribution in [2.24, 2.45) is 0 Å². The fraction of sp³-hybridized carbons (Fsp3) is 0.0588. The van der Waals surface area contributed by atoms with Gasteiger partial charge in [-0.05, 0) is 18.2 Å². The lowest BCUT2D eigenvalue weighted by Crippen LogP contribution is -2.23. The molecule has 3 aromatic rings. The molecule has 2 aromatic carbocycles. The van der Waals surface area contributed by atoms with Crippen LogP contribution in [0.5, 0.6) is 11.5 Å². The summed E-state index contributed by atoms with van der Waals surface area (Å²) in [6, 6.07) is 16.9. The molecule has 0 radical (unpaired) electrons. The first-order chi connectivity index (χ1) is 11.1. The Kier molecular flexibility index (Phi) is 4.65.